The lowest BCUT2D eigenvalue weighted by Crippen LogP contribution is -2.04. The van der Waals surface area contributed by atoms with Gasteiger partial charge in [0.1, 0.15) is 0 Å². The summed E-state index contributed by atoms with van der Waals surface area (Å²) in [6, 6.07) is 16.1. The van der Waals surface area contributed by atoms with Gasteiger partial charge in [-0.1, -0.05) is 18.2 Å². The second kappa shape index (κ2) is 6.60. The van der Waals surface area contributed by atoms with Gasteiger partial charge in [-0.05, 0) is 64.7 Å². The van der Waals surface area contributed by atoms with Crippen LogP contribution in [0.4, 0.5) is 11.4 Å². The van der Waals surface area contributed by atoms with Crippen molar-refractivity contribution >= 4 is 23.3 Å². The van der Waals surface area contributed by atoms with Crippen LogP contribution in [0.3, 0.4) is 0 Å². The van der Waals surface area contributed by atoms with Crippen LogP contribution in [0.25, 0.3) is 22.3 Å². The molecule has 26 heavy (non-hydrogen) atoms. The Kier molecular flexibility index (Phi) is 4.33. The Bertz CT molecular complexity index is 1030. The van der Waals surface area contributed by atoms with Crippen LogP contribution >= 0.6 is 0 Å². The number of carbonyl (C=O) groups is 2. The molecule has 0 aliphatic rings. The summed E-state index contributed by atoms with van der Waals surface area (Å²) in [6.07, 6.45) is 0. The zero-order chi connectivity index (χ0) is 18.8. The zero-order valence-electron chi connectivity index (χ0n) is 13.6. The minimum Gasteiger partial charge on any atom is -0.478 e. The first-order valence-electron chi connectivity index (χ1n) is 7.73. The van der Waals surface area contributed by atoms with Crippen LogP contribution in [0.5, 0.6) is 0 Å². The summed E-state index contributed by atoms with van der Waals surface area (Å²) in [5.41, 5.74) is 15.1. The van der Waals surface area contributed by atoms with E-state index in [0.717, 1.165) is 5.56 Å². The third-order valence-corrected chi connectivity index (χ3v) is 4.03. The summed E-state index contributed by atoms with van der Waals surface area (Å²) in [5.74, 6) is -2.28. The van der Waals surface area contributed by atoms with Crippen molar-refractivity contribution in [2.45, 2.75) is 0 Å². The van der Waals surface area contributed by atoms with Crippen molar-refractivity contribution in [3.05, 3.63) is 71.8 Å². The molecule has 0 heterocycles. The van der Waals surface area contributed by atoms with Gasteiger partial charge in [0, 0.05) is 11.4 Å². The number of nitrogen functional groups attached to an aromatic ring is 2. The zero-order valence-corrected chi connectivity index (χ0v) is 13.6. The maximum absolute atomic E-state index is 11.7. The molecule has 0 saturated heterocycles. The van der Waals surface area contributed by atoms with Crippen molar-refractivity contribution in [1.82, 2.24) is 0 Å². The highest BCUT2D eigenvalue weighted by Crippen LogP contribution is 2.36. The highest BCUT2D eigenvalue weighted by molar-refractivity contribution is 6.02. The van der Waals surface area contributed by atoms with Crippen LogP contribution in [0.2, 0.25) is 0 Å². The number of benzene rings is 3. The van der Waals surface area contributed by atoms with E-state index in [1.54, 1.807) is 36.4 Å². The molecule has 3 aromatic rings. The molecule has 130 valence electrons. The van der Waals surface area contributed by atoms with Crippen LogP contribution in [-0.2, 0) is 0 Å². The number of hydrogen-bond donors (Lipinski definition) is 4. The molecule has 6 nitrogen and oxygen atoms in total. The largest absolute Gasteiger partial charge is 0.478 e. The number of anilines is 2. The molecule has 0 aromatic heterocycles. The van der Waals surface area contributed by atoms with Crippen LogP contribution in [0.1, 0.15) is 20.7 Å². The third-order valence-electron chi connectivity index (χ3n) is 4.03. The van der Waals surface area contributed by atoms with Gasteiger partial charge < -0.3 is 21.7 Å². The van der Waals surface area contributed by atoms with E-state index >= 15 is 0 Å². The van der Waals surface area contributed by atoms with Gasteiger partial charge in [0.2, 0.25) is 0 Å². The van der Waals surface area contributed by atoms with Crippen molar-refractivity contribution in [3.63, 3.8) is 0 Å². The maximum Gasteiger partial charge on any atom is 0.336 e. The Hall–Kier alpha value is -3.80. The number of aromatic carboxylic acids is 2. The summed E-state index contributed by atoms with van der Waals surface area (Å²) in [7, 11) is 0. The van der Waals surface area contributed by atoms with Gasteiger partial charge >= 0.3 is 11.9 Å². The van der Waals surface area contributed by atoms with E-state index in [2.05, 4.69) is 0 Å². The lowest BCUT2D eigenvalue weighted by atomic mass is 9.90. The third kappa shape index (κ3) is 3.21. The van der Waals surface area contributed by atoms with E-state index in [-0.39, 0.29) is 11.1 Å². The van der Waals surface area contributed by atoms with Crippen LogP contribution in [0, 0.1) is 0 Å². The molecule has 3 aromatic carbocycles. The molecule has 0 bridgehead atoms. The normalized spacial score (nSPS) is 10.5. The van der Waals surface area contributed by atoms with Gasteiger partial charge in [0.15, 0.2) is 0 Å². The molecule has 0 spiro atoms. The van der Waals surface area contributed by atoms with E-state index in [0.29, 0.717) is 28.1 Å². The smallest absolute Gasteiger partial charge is 0.336 e. The molecule has 0 radical (unpaired) electrons. The highest BCUT2D eigenvalue weighted by atomic mass is 16.4. The number of nitrogens with two attached hydrogens (primary N) is 2. The van der Waals surface area contributed by atoms with Gasteiger partial charge in [0.25, 0.3) is 0 Å². The maximum atomic E-state index is 11.7. The number of hydrogen-bond acceptors (Lipinski definition) is 4. The summed E-state index contributed by atoms with van der Waals surface area (Å²) >= 11 is 0. The molecule has 0 aliphatic carbocycles. The molecule has 0 saturated carbocycles. The Morgan fingerprint density at radius 1 is 0.692 bits per heavy atom. The van der Waals surface area contributed by atoms with E-state index in [4.69, 9.17) is 11.5 Å². The topological polar surface area (TPSA) is 127 Å². The van der Waals surface area contributed by atoms with Gasteiger partial charge in [-0.3, -0.25) is 0 Å². The van der Waals surface area contributed by atoms with Gasteiger partial charge in [-0.2, -0.15) is 0 Å². The lowest BCUT2D eigenvalue weighted by Gasteiger charge is -2.14. The molecule has 0 amide bonds. The quantitative estimate of drug-likeness (QED) is 0.534. The standard InChI is InChI=1S/C20H16N2O4/c21-13-3-1-2-11(8-13)17-10-14(22)5-7-15(17)18-9-12(19(23)24)4-6-16(18)20(25)26/h1-10H,21-22H2,(H,23,24)(H,25,26). The molecule has 3 rings (SSSR count). The summed E-state index contributed by atoms with van der Waals surface area (Å²) in [5, 5.41) is 18.8. The van der Waals surface area contributed by atoms with Crippen molar-refractivity contribution in [2.75, 3.05) is 11.5 Å². The Morgan fingerprint density at radius 2 is 1.42 bits per heavy atom. The van der Waals surface area contributed by atoms with Crippen molar-refractivity contribution < 1.29 is 19.8 Å². The first kappa shape index (κ1) is 17.0. The summed E-state index contributed by atoms with van der Waals surface area (Å²) in [6.45, 7) is 0. The van der Waals surface area contributed by atoms with E-state index in [9.17, 15) is 19.8 Å². The molecule has 6 N–H and O–H groups in total. The Morgan fingerprint density at radius 3 is 2.08 bits per heavy atom. The number of rotatable bonds is 4. The molecule has 0 atom stereocenters. The van der Waals surface area contributed by atoms with Crippen molar-refractivity contribution in [1.29, 1.82) is 0 Å². The molecule has 6 heteroatoms. The minimum absolute atomic E-state index is 0.000325. The summed E-state index contributed by atoms with van der Waals surface area (Å²) in [4.78, 5) is 23.0. The molecular weight excluding hydrogens is 332 g/mol. The second-order valence-corrected chi connectivity index (χ2v) is 5.80. The average Bonchev–Trinajstić information content (AvgIpc) is 2.61. The van der Waals surface area contributed by atoms with Crippen molar-refractivity contribution in [2.24, 2.45) is 0 Å². The fourth-order valence-corrected chi connectivity index (χ4v) is 2.83. The molecule has 0 fully saturated rings. The second-order valence-electron chi connectivity index (χ2n) is 5.80. The number of carboxylic acids is 2. The van der Waals surface area contributed by atoms with Gasteiger partial charge in [0.05, 0.1) is 11.1 Å². The first-order valence-corrected chi connectivity index (χ1v) is 7.73. The molecular formula is C20H16N2O4. The van der Waals surface area contributed by atoms with E-state index < -0.39 is 11.9 Å². The molecule has 0 aliphatic heterocycles. The predicted molar refractivity (Wildman–Crippen MR) is 100 cm³/mol. The summed E-state index contributed by atoms with van der Waals surface area (Å²) < 4.78 is 0. The SMILES string of the molecule is Nc1cccc(-c2cc(N)ccc2-c2cc(C(=O)O)ccc2C(=O)O)c1. The Balaban J connectivity index is 2.32. The fraction of sp³-hybridized carbons (Fsp3) is 0. The van der Waals surface area contributed by atoms with Crippen LogP contribution in [-0.4, -0.2) is 22.2 Å². The van der Waals surface area contributed by atoms with Gasteiger partial charge in [-0.15, -0.1) is 0 Å². The lowest BCUT2D eigenvalue weighted by molar-refractivity contribution is 0.0682. The first-order chi connectivity index (χ1) is 12.4. The predicted octanol–water partition coefficient (Wildman–Crippen LogP) is 3.58. The van der Waals surface area contributed by atoms with Crippen LogP contribution < -0.4 is 11.5 Å². The Labute approximate surface area is 149 Å². The van der Waals surface area contributed by atoms with Gasteiger partial charge in [-0.25, -0.2) is 9.59 Å². The minimum atomic E-state index is -1.15. The monoisotopic (exact) mass is 348 g/mol. The average molecular weight is 348 g/mol. The van der Waals surface area contributed by atoms with E-state index in [1.165, 1.54) is 18.2 Å². The fourth-order valence-electron chi connectivity index (χ4n) is 2.83. The number of carboxylic acid groups (broad SMARTS) is 2. The van der Waals surface area contributed by atoms with E-state index in [1.807, 2.05) is 6.07 Å². The van der Waals surface area contributed by atoms with Crippen LogP contribution in [0.15, 0.2) is 60.7 Å². The van der Waals surface area contributed by atoms with Crippen molar-refractivity contribution in [3.8, 4) is 22.3 Å². The molecule has 0 unspecified atom stereocenters. The highest BCUT2D eigenvalue weighted by Gasteiger charge is 2.18.